The summed E-state index contributed by atoms with van der Waals surface area (Å²) in [7, 11) is 0. The number of hydrogen-bond acceptors (Lipinski definition) is 10. The second-order valence-electron chi connectivity index (χ2n) is 8.95. The molecule has 0 spiro atoms. The molecule has 0 saturated carbocycles. The molecule has 0 atom stereocenters. The predicted octanol–water partition coefficient (Wildman–Crippen LogP) is 7.59. The van der Waals surface area contributed by atoms with Gasteiger partial charge in [0.15, 0.2) is 11.3 Å². The molecule has 0 saturated heterocycles. The van der Waals surface area contributed by atoms with Crippen molar-refractivity contribution in [1.29, 1.82) is 0 Å². The minimum atomic E-state index is -4.52. The van der Waals surface area contributed by atoms with Crippen molar-refractivity contribution in [3.05, 3.63) is 112 Å². The van der Waals surface area contributed by atoms with E-state index in [2.05, 4.69) is 45.2 Å². The first kappa shape index (κ1) is 35.3. The van der Waals surface area contributed by atoms with Crippen LogP contribution in [0.1, 0.15) is 22.5 Å². The van der Waals surface area contributed by atoms with Gasteiger partial charge in [-0.1, -0.05) is 23.7 Å². The van der Waals surface area contributed by atoms with Crippen molar-refractivity contribution in [1.82, 2.24) is 39.9 Å². The summed E-state index contributed by atoms with van der Waals surface area (Å²) in [5.41, 5.74) is 4.18. The summed E-state index contributed by atoms with van der Waals surface area (Å²) in [5, 5.41) is 4.53. The van der Waals surface area contributed by atoms with Crippen LogP contribution in [0.5, 0.6) is 0 Å². The molecular weight excluding hydrogens is 697 g/mol. The van der Waals surface area contributed by atoms with Gasteiger partial charge in [-0.15, -0.1) is 0 Å². The molecule has 0 aliphatic carbocycles. The van der Waals surface area contributed by atoms with Crippen molar-refractivity contribution in [3.8, 4) is 0 Å². The maximum absolute atomic E-state index is 12.9. The summed E-state index contributed by atoms with van der Waals surface area (Å²) in [6.07, 6.45) is -3.56. The molecule has 19 heteroatoms. The first-order chi connectivity index (χ1) is 22.3. The number of nitrogens with zero attached hydrogens (tertiary/aromatic N) is 8. The highest BCUT2D eigenvalue weighted by atomic mass is 35.5. The Bertz CT molecular complexity index is 1980. The van der Waals surface area contributed by atoms with E-state index in [0.717, 1.165) is 12.4 Å². The number of alkyl halides is 6. The fourth-order valence-corrected chi connectivity index (χ4v) is 4.45. The molecule has 0 bridgehead atoms. The first-order valence-corrected chi connectivity index (χ1v) is 14.1. The lowest BCUT2D eigenvalue weighted by Crippen LogP contribution is -2.14. The zero-order chi connectivity index (χ0) is 34.2. The Kier molecular flexibility index (Phi) is 11.6. The van der Waals surface area contributed by atoms with Crippen LogP contribution in [0.3, 0.4) is 0 Å². The van der Waals surface area contributed by atoms with Gasteiger partial charge in [0.05, 0.1) is 10.8 Å². The average Bonchev–Trinajstić information content (AvgIpc) is 3.03. The third-order valence-corrected chi connectivity index (χ3v) is 6.45. The Labute approximate surface area is 276 Å². The number of anilines is 1. The maximum atomic E-state index is 12.9. The zero-order valence-corrected chi connectivity index (χ0v) is 25.7. The van der Waals surface area contributed by atoms with Gasteiger partial charge < -0.3 is 11.1 Å². The molecule has 6 aromatic rings. The molecule has 0 amide bonds. The van der Waals surface area contributed by atoms with Gasteiger partial charge in [0.1, 0.15) is 22.4 Å². The molecule has 6 heterocycles. The van der Waals surface area contributed by atoms with Crippen LogP contribution < -0.4 is 11.1 Å². The lowest BCUT2D eigenvalue weighted by Gasteiger charge is -2.13. The largest absolute Gasteiger partial charge is 0.433 e. The van der Waals surface area contributed by atoms with E-state index in [9.17, 15) is 26.3 Å². The maximum Gasteiger partial charge on any atom is 0.433 e. The lowest BCUT2D eigenvalue weighted by molar-refractivity contribution is -0.142. The molecule has 6 aromatic heterocycles. The highest BCUT2D eigenvalue weighted by molar-refractivity contribution is 6.35. The Balaban J connectivity index is 0.000000176. The van der Waals surface area contributed by atoms with Crippen LogP contribution in [0.4, 0.5) is 32.2 Å². The quantitative estimate of drug-likeness (QED) is 0.107. The second kappa shape index (κ2) is 15.4. The number of rotatable bonds is 4. The van der Waals surface area contributed by atoms with Crippen LogP contribution in [0.25, 0.3) is 22.1 Å². The topological polar surface area (TPSA) is 141 Å². The van der Waals surface area contributed by atoms with E-state index in [0.29, 0.717) is 33.0 Å². The van der Waals surface area contributed by atoms with Gasteiger partial charge in [-0.3, -0.25) is 9.97 Å². The number of hydrogen-bond donors (Lipinski definition) is 2. The summed E-state index contributed by atoms with van der Waals surface area (Å²) >= 11 is 17.2. The summed E-state index contributed by atoms with van der Waals surface area (Å²) in [5.74, 6) is 0.310. The van der Waals surface area contributed by atoms with E-state index in [1.54, 1.807) is 30.5 Å². The van der Waals surface area contributed by atoms with Gasteiger partial charge in [-0.25, -0.2) is 19.9 Å². The van der Waals surface area contributed by atoms with Crippen LogP contribution in [0.15, 0.2) is 73.3 Å². The monoisotopic (exact) mass is 714 g/mol. The van der Waals surface area contributed by atoms with Gasteiger partial charge in [-0.2, -0.15) is 36.3 Å². The van der Waals surface area contributed by atoms with Gasteiger partial charge in [0, 0.05) is 43.4 Å². The van der Waals surface area contributed by atoms with Crippen molar-refractivity contribution in [3.63, 3.8) is 0 Å². The Morgan fingerprint density at radius 2 is 1.06 bits per heavy atom. The van der Waals surface area contributed by atoms with Gasteiger partial charge >= 0.3 is 12.4 Å². The van der Waals surface area contributed by atoms with E-state index in [1.165, 1.54) is 30.5 Å². The Morgan fingerprint density at radius 1 is 0.596 bits per heavy atom. The fraction of sp³-hybridized carbons (Fsp3) is 0.143. The highest BCUT2D eigenvalue weighted by Gasteiger charge is 2.35. The predicted molar refractivity (Wildman–Crippen MR) is 163 cm³/mol. The molecule has 0 aromatic carbocycles. The highest BCUT2D eigenvalue weighted by Crippen LogP contribution is 2.31. The third kappa shape index (κ3) is 9.51. The summed E-state index contributed by atoms with van der Waals surface area (Å²) in [6, 6.07) is 12.5. The normalized spacial score (nSPS) is 11.4. The third-order valence-electron chi connectivity index (χ3n) is 5.83. The zero-order valence-electron chi connectivity index (χ0n) is 23.4. The van der Waals surface area contributed by atoms with Crippen molar-refractivity contribution in [2.45, 2.75) is 25.4 Å². The lowest BCUT2D eigenvalue weighted by atomic mass is 10.2. The molecule has 3 N–H and O–H groups in total. The van der Waals surface area contributed by atoms with Crippen LogP contribution in [0.2, 0.25) is 15.7 Å². The van der Waals surface area contributed by atoms with Crippen LogP contribution in [0, 0.1) is 0 Å². The van der Waals surface area contributed by atoms with Crippen molar-refractivity contribution < 1.29 is 26.3 Å². The number of fused-ring (bicyclic) bond motifs is 2. The Morgan fingerprint density at radius 3 is 1.62 bits per heavy atom. The number of nitrogens with two attached hydrogens (primary N) is 1. The van der Waals surface area contributed by atoms with E-state index in [-0.39, 0.29) is 34.8 Å². The minimum Gasteiger partial charge on any atom is -0.365 e. The van der Waals surface area contributed by atoms with E-state index < -0.39 is 23.7 Å². The molecule has 0 aliphatic rings. The molecular formula is C28H19Cl3F6N10. The van der Waals surface area contributed by atoms with E-state index in [1.807, 2.05) is 0 Å². The first-order valence-electron chi connectivity index (χ1n) is 13.0. The number of pyridine rings is 4. The molecule has 6 rings (SSSR count). The summed E-state index contributed by atoms with van der Waals surface area (Å²) < 4.78 is 75.2. The fourth-order valence-electron chi connectivity index (χ4n) is 3.85. The van der Waals surface area contributed by atoms with Crippen LogP contribution in [-0.4, -0.2) is 39.9 Å². The molecule has 0 unspecified atom stereocenters. The van der Waals surface area contributed by atoms with Crippen molar-refractivity contribution >= 4 is 62.7 Å². The van der Waals surface area contributed by atoms with Crippen molar-refractivity contribution in [2.75, 3.05) is 5.32 Å². The number of nitrogens with one attached hydrogen (secondary N) is 1. The van der Waals surface area contributed by atoms with E-state index in [4.69, 9.17) is 40.5 Å². The molecule has 0 aliphatic heterocycles. The average molecular weight is 716 g/mol. The summed E-state index contributed by atoms with van der Waals surface area (Å²) in [4.78, 5) is 30.3. The van der Waals surface area contributed by atoms with Crippen LogP contribution in [-0.2, 0) is 25.4 Å². The molecule has 0 fully saturated rings. The second-order valence-corrected chi connectivity index (χ2v) is 9.98. The van der Waals surface area contributed by atoms with Crippen LogP contribution >= 0.6 is 34.8 Å². The van der Waals surface area contributed by atoms with Gasteiger partial charge in [-0.05, 0) is 65.2 Å². The summed E-state index contributed by atoms with van der Waals surface area (Å²) in [6.45, 7) is -0.261. The molecule has 10 nitrogen and oxygen atoms in total. The molecule has 47 heavy (non-hydrogen) atoms. The van der Waals surface area contributed by atoms with Gasteiger partial charge in [0.2, 0.25) is 10.6 Å². The number of halogens is 9. The smallest absolute Gasteiger partial charge is 0.365 e. The minimum absolute atomic E-state index is 0.00627. The van der Waals surface area contributed by atoms with E-state index >= 15 is 0 Å². The number of aromatic nitrogens is 8. The molecule has 0 radical (unpaired) electrons. The SMILES string of the molecule is Clc1nc(Cl)c2cccnc2n1.FC(F)(F)c1ncccc1CNc1nc(Cl)nc2ncccc12.NCc1cccnc1C(F)(F)F. The Hall–Kier alpha value is -4.51. The van der Waals surface area contributed by atoms with Gasteiger partial charge in [0.25, 0.3) is 0 Å². The van der Waals surface area contributed by atoms with Crippen molar-refractivity contribution in [2.24, 2.45) is 5.73 Å². The standard InChI is InChI=1S/C14H9ClF3N5.C7H3Cl2N3.C7H7F3N2/c15-13-22-11-9(4-2-6-20-11)12(23-13)21-7-8-3-1-5-19-10(8)14(16,17)18;8-5-4-2-1-3-10-6(4)12-7(9)11-5;8-7(9,10)6-5(4-11)2-1-3-12-6/h1-6H,7H2,(H,20,21,22,23);1-3H;1-3H,4,11H2. The molecule has 244 valence electrons.